The van der Waals surface area contributed by atoms with E-state index in [4.69, 9.17) is 0 Å². The second-order valence-corrected chi connectivity index (χ2v) is 9.38. The number of nitrogens with one attached hydrogen (secondary N) is 2. The molecule has 0 radical (unpaired) electrons. The fourth-order valence-electron chi connectivity index (χ4n) is 5.03. The molecule has 1 atom stereocenters. The van der Waals surface area contributed by atoms with E-state index in [2.05, 4.69) is 50.8 Å². The highest BCUT2D eigenvalue weighted by molar-refractivity contribution is 5.81. The smallest absolute Gasteiger partial charge is 0.242 e. The van der Waals surface area contributed by atoms with Crippen LogP contribution >= 0.6 is 0 Å². The van der Waals surface area contributed by atoms with Gasteiger partial charge in [0, 0.05) is 44.5 Å². The Kier molecular flexibility index (Phi) is 6.23. The molecular formula is C26H34N4O. The van der Waals surface area contributed by atoms with Gasteiger partial charge < -0.3 is 15.5 Å². The van der Waals surface area contributed by atoms with Crippen LogP contribution in [0.5, 0.6) is 0 Å². The molecule has 1 amide bonds. The van der Waals surface area contributed by atoms with Crippen LogP contribution in [-0.4, -0.2) is 54.5 Å². The third-order valence-corrected chi connectivity index (χ3v) is 6.98. The fraction of sp³-hybridized carbons (Fsp3) is 0.500. The van der Waals surface area contributed by atoms with Crippen LogP contribution in [0.3, 0.4) is 0 Å². The quantitative estimate of drug-likeness (QED) is 0.691. The molecule has 5 nitrogen and oxygen atoms in total. The lowest BCUT2D eigenvalue weighted by atomic mass is 9.97. The van der Waals surface area contributed by atoms with Gasteiger partial charge >= 0.3 is 0 Å². The molecule has 31 heavy (non-hydrogen) atoms. The molecule has 5 rings (SSSR count). The molecule has 0 bridgehead atoms. The van der Waals surface area contributed by atoms with Crippen molar-refractivity contribution in [2.75, 3.05) is 38.0 Å². The first kappa shape index (κ1) is 20.5. The Morgan fingerprint density at radius 2 is 1.97 bits per heavy atom. The molecule has 0 spiro atoms. The van der Waals surface area contributed by atoms with E-state index in [1.54, 1.807) is 0 Å². The summed E-state index contributed by atoms with van der Waals surface area (Å²) in [7, 11) is 0. The van der Waals surface area contributed by atoms with E-state index >= 15 is 0 Å². The van der Waals surface area contributed by atoms with Crippen molar-refractivity contribution in [3.05, 3.63) is 65.2 Å². The lowest BCUT2D eigenvalue weighted by Gasteiger charge is -2.31. The summed E-state index contributed by atoms with van der Waals surface area (Å²) in [6.07, 6.45) is 4.90. The Labute approximate surface area is 185 Å². The van der Waals surface area contributed by atoms with Crippen molar-refractivity contribution in [1.82, 2.24) is 15.1 Å². The van der Waals surface area contributed by atoms with Gasteiger partial charge in [-0.25, -0.2) is 0 Å². The van der Waals surface area contributed by atoms with Crippen LogP contribution in [0.1, 0.15) is 36.0 Å². The third-order valence-electron chi connectivity index (χ3n) is 6.98. The monoisotopic (exact) mass is 418 g/mol. The summed E-state index contributed by atoms with van der Waals surface area (Å²) in [6, 6.07) is 17.1. The van der Waals surface area contributed by atoms with Crippen LogP contribution in [0.2, 0.25) is 0 Å². The molecule has 1 saturated heterocycles. The Bertz CT molecular complexity index is 890. The maximum atomic E-state index is 13.3. The number of benzene rings is 2. The van der Waals surface area contributed by atoms with Crippen molar-refractivity contribution in [3.63, 3.8) is 0 Å². The zero-order chi connectivity index (χ0) is 21.0. The van der Waals surface area contributed by atoms with Gasteiger partial charge in [0.25, 0.3) is 0 Å². The molecule has 2 aromatic rings. The van der Waals surface area contributed by atoms with Gasteiger partial charge in [0.05, 0.1) is 6.54 Å². The minimum Gasteiger partial charge on any atom is -0.376 e. The maximum Gasteiger partial charge on any atom is 0.242 e. The summed E-state index contributed by atoms with van der Waals surface area (Å²) in [5.74, 6) is 1.11. The van der Waals surface area contributed by atoms with Gasteiger partial charge in [0.2, 0.25) is 5.91 Å². The number of carbonyl (C=O) groups is 1. The van der Waals surface area contributed by atoms with Gasteiger partial charge in [-0.05, 0) is 60.9 Å². The molecule has 2 heterocycles. The molecule has 164 valence electrons. The number of rotatable bonds is 8. The molecule has 2 fully saturated rings. The summed E-state index contributed by atoms with van der Waals surface area (Å²) in [5.41, 5.74) is 5.15. The second kappa shape index (κ2) is 9.41. The Morgan fingerprint density at radius 1 is 1.10 bits per heavy atom. The number of fused-ring (bicyclic) bond motifs is 1. The highest BCUT2D eigenvalue weighted by Gasteiger charge is 2.28. The van der Waals surface area contributed by atoms with Crippen LogP contribution in [0.25, 0.3) is 0 Å². The topological polar surface area (TPSA) is 47.6 Å². The molecule has 5 heteroatoms. The van der Waals surface area contributed by atoms with Crippen molar-refractivity contribution >= 4 is 11.6 Å². The molecular weight excluding hydrogens is 384 g/mol. The van der Waals surface area contributed by atoms with E-state index in [-0.39, 0.29) is 11.9 Å². The van der Waals surface area contributed by atoms with E-state index in [1.807, 2.05) is 18.2 Å². The lowest BCUT2D eigenvalue weighted by molar-refractivity contribution is -0.131. The summed E-state index contributed by atoms with van der Waals surface area (Å²) in [4.78, 5) is 17.9. The van der Waals surface area contributed by atoms with Gasteiger partial charge in [0.15, 0.2) is 0 Å². The van der Waals surface area contributed by atoms with Crippen molar-refractivity contribution in [2.24, 2.45) is 5.92 Å². The zero-order valence-electron chi connectivity index (χ0n) is 18.4. The summed E-state index contributed by atoms with van der Waals surface area (Å²) >= 11 is 0. The third kappa shape index (κ3) is 5.10. The number of amides is 1. The predicted octanol–water partition coefficient (Wildman–Crippen LogP) is 3.26. The zero-order valence-corrected chi connectivity index (χ0v) is 18.4. The molecule has 1 unspecified atom stereocenters. The first-order valence-corrected chi connectivity index (χ1v) is 11.9. The lowest BCUT2D eigenvalue weighted by Crippen LogP contribution is -2.43. The molecule has 0 aromatic heterocycles. The van der Waals surface area contributed by atoms with Gasteiger partial charge in [-0.2, -0.15) is 0 Å². The van der Waals surface area contributed by atoms with Crippen LogP contribution in [0.15, 0.2) is 48.5 Å². The number of carbonyl (C=O) groups excluding carboxylic acids is 1. The van der Waals surface area contributed by atoms with Gasteiger partial charge in [-0.3, -0.25) is 9.69 Å². The molecule has 1 aliphatic carbocycles. The Balaban J connectivity index is 1.24. The van der Waals surface area contributed by atoms with Crippen LogP contribution in [0, 0.1) is 5.92 Å². The van der Waals surface area contributed by atoms with E-state index in [0.717, 1.165) is 50.6 Å². The Morgan fingerprint density at radius 3 is 2.74 bits per heavy atom. The highest BCUT2D eigenvalue weighted by Crippen LogP contribution is 2.32. The van der Waals surface area contributed by atoms with Gasteiger partial charge in [-0.1, -0.05) is 42.5 Å². The molecule has 2 aliphatic heterocycles. The average Bonchev–Trinajstić information content (AvgIpc) is 3.45. The summed E-state index contributed by atoms with van der Waals surface area (Å²) < 4.78 is 0. The van der Waals surface area contributed by atoms with Crippen molar-refractivity contribution < 1.29 is 4.79 Å². The van der Waals surface area contributed by atoms with Crippen molar-refractivity contribution in [3.8, 4) is 0 Å². The summed E-state index contributed by atoms with van der Waals surface area (Å²) in [6.45, 7) is 6.32. The minimum absolute atomic E-state index is 0.182. The van der Waals surface area contributed by atoms with E-state index < -0.39 is 0 Å². The SMILES string of the molecule is O=C(CNc1cccc2c1CCN(CC1CC1)C2)N(Cc1ccccc1)C1CCNC1. The molecule has 2 aromatic carbocycles. The van der Waals surface area contributed by atoms with Gasteiger partial charge in [-0.15, -0.1) is 0 Å². The average molecular weight is 419 g/mol. The van der Waals surface area contributed by atoms with E-state index in [0.29, 0.717) is 13.1 Å². The largest absolute Gasteiger partial charge is 0.376 e. The molecule has 2 N–H and O–H groups in total. The maximum absolute atomic E-state index is 13.3. The highest BCUT2D eigenvalue weighted by atomic mass is 16.2. The molecule has 3 aliphatic rings. The van der Waals surface area contributed by atoms with Crippen molar-refractivity contribution in [2.45, 2.75) is 44.8 Å². The van der Waals surface area contributed by atoms with E-state index in [9.17, 15) is 4.79 Å². The van der Waals surface area contributed by atoms with Crippen molar-refractivity contribution in [1.29, 1.82) is 0 Å². The first-order valence-electron chi connectivity index (χ1n) is 11.9. The van der Waals surface area contributed by atoms with Crippen LogP contribution in [-0.2, 0) is 24.3 Å². The number of anilines is 1. The van der Waals surface area contributed by atoms with Crippen LogP contribution in [0.4, 0.5) is 5.69 Å². The first-order chi connectivity index (χ1) is 15.3. The normalized spacial score (nSPS) is 21.0. The number of hydrogen-bond acceptors (Lipinski definition) is 4. The van der Waals surface area contributed by atoms with Crippen LogP contribution < -0.4 is 10.6 Å². The fourth-order valence-corrected chi connectivity index (χ4v) is 5.03. The number of nitrogens with zero attached hydrogens (tertiary/aromatic N) is 2. The molecule has 1 saturated carbocycles. The minimum atomic E-state index is 0.182. The van der Waals surface area contributed by atoms with Gasteiger partial charge in [0.1, 0.15) is 0 Å². The Hall–Kier alpha value is -2.37. The number of hydrogen-bond donors (Lipinski definition) is 2. The van der Waals surface area contributed by atoms with E-state index in [1.165, 1.54) is 36.1 Å². The summed E-state index contributed by atoms with van der Waals surface area (Å²) in [5, 5.41) is 6.91. The standard InChI is InChI=1S/C26H34N4O/c31-26(30(23-11-13-27-15-23)18-20-5-2-1-3-6-20)16-28-25-8-4-7-22-19-29(14-12-24(22)25)17-21-9-10-21/h1-8,21,23,27-28H,9-19H2. The second-order valence-electron chi connectivity index (χ2n) is 9.38. The predicted molar refractivity (Wildman–Crippen MR) is 125 cm³/mol.